The molecule has 2 atom stereocenters. The lowest BCUT2D eigenvalue weighted by Gasteiger charge is -2.23. The molecule has 2 aliphatic carbocycles. The SMILES string of the molecule is O=C(CN1C[C@@H]2CCC[C@@]2(C(=O)O)C1)Nc1ccnn1C1CCCC1. The summed E-state index contributed by atoms with van der Waals surface area (Å²) >= 11 is 0. The molecule has 2 saturated carbocycles. The largest absolute Gasteiger partial charge is 0.481 e. The maximum Gasteiger partial charge on any atom is 0.311 e. The number of rotatable bonds is 5. The van der Waals surface area contributed by atoms with Gasteiger partial charge in [-0.15, -0.1) is 0 Å². The number of nitrogens with one attached hydrogen (secondary N) is 1. The van der Waals surface area contributed by atoms with E-state index in [4.69, 9.17) is 0 Å². The minimum absolute atomic E-state index is 0.0831. The van der Waals surface area contributed by atoms with Crippen molar-refractivity contribution >= 4 is 17.7 Å². The number of carboxylic acid groups (broad SMARTS) is 1. The van der Waals surface area contributed by atoms with Crippen LogP contribution in [0.25, 0.3) is 0 Å². The summed E-state index contributed by atoms with van der Waals surface area (Å²) in [4.78, 5) is 26.2. The number of carboxylic acids is 1. The van der Waals surface area contributed by atoms with Crippen LogP contribution in [0.1, 0.15) is 51.0 Å². The third-order valence-electron chi connectivity index (χ3n) is 6.34. The molecule has 1 saturated heterocycles. The molecule has 4 rings (SSSR count). The molecule has 0 spiro atoms. The molecule has 1 aliphatic heterocycles. The van der Waals surface area contributed by atoms with E-state index >= 15 is 0 Å². The first-order valence-electron chi connectivity index (χ1n) is 9.37. The summed E-state index contributed by atoms with van der Waals surface area (Å²) in [5, 5.41) is 17.0. The minimum Gasteiger partial charge on any atom is -0.481 e. The number of hydrogen-bond donors (Lipinski definition) is 2. The lowest BCUT2D eigenvalue weighted by atomic mass is 9.81. The Hall–Kier alpha value is -1.89. The monoisotopic (exact) mass is 346 g/mol. The summed E-state index contributed by atoms with van der Waals surface area (Å²) in [6.45, 7) is 1.45. The first kappa shape index (κ1) is 16.6. The molecule has 0 aromatic carbocycles. The molecule has 0 unspecified atom stereocenters. The van der Waals surface area contributed by atoms with Gasteiger partial charge < -0.3 is 10.4 Å². The highest BCUT2D eigenvalue weighted by atomic mass is 16.4. The Labute approximate surface area is 147 Å². The van der Waals surface area contributed by atoms with Crippen LogP contribution in [0, 0.1) is 11.3 Å². The van der Waals surface area contributed by atoms with E-state index in [2.05, 4.69) is 10.4 Å². The number of aromatic nitrogens is 2. The highest BCUT2D eigenvalue weighted by molar-refractivity contribution is 5.91. The number of fused-ring (bicyclic) bond motifs is 1. The Bertz CT molecular complexity index is 667. The number of aliphatic carboxylic acids is 1. The Balaban J connectivity index is 1.38. The molecular weight excluding hydrogens is 320 g/mol. The number of amides is 1. The van der Waals surface area contributed by atoms with Crippen LogP contribution < -0.4 is 5.32 Å². The lowest BCUT2D eigenvalue weighted by Crippen LogP contribution is -2.37. The first-order valence-corrected chi connectivity index (χ1v) is 9.37. The zero-order valence-corrected chi connectivity index (χ0v) is 14.5. The molecule has 0 radical (unpaired) electrons. The fraction of sp³-hybridized carbons (Fsp3) is 0.722. The van der Waals surface area contributed by atoms with E-state index in [1.807, 2.05) is 15.6 Å². The fourth-order valence-corrected chi connectivity index (χ4v) is 5.10. The first-order chi connectivity index (χ1) is 12.1. The Morgan fingerprint density at radius 1 is 1.28 bits per heavy atom. The van der Waals surface area contributed by atoms with Crippen LogP contribution in [-0.2, 0) is 9.59 Å². The number of carbonyl (C=O) groups is 2. The van der Waals surface area contributed by atoms with Crippen molar-refractivity contribution in [3.63, 3.8) is 0 Å². The van der Waals surface area contributed by atoms with Crippen molar-refractivity contribution in [3.05, 3.63) is 12.3 Å². The van der Waals surface area contributed by atoms with Crippen LogP contribution in [0.15, 0.2) is 12.3 Å². The maximum atomic E-state index is 12.5. The van der Waals surface area contributed by atoms with E-state index in [9.17, 15) is 14.7 Å². The van der Waals surface area contributed by atoms with Gasteiger partial charge in [-0.25, -0.2) is 4.68 Å². The topological polar surface area (TPSA) is 87.5 Å². The molecule has 0 bridgehead atoms. The summed E-state index contributed by atoms with van der Waals surface area (Å²) in [5.41, 5.74) is -0.633. The Morgan fingerprint density at radius 2 is 2.08 bits per heavy atom. The predicted molar refractivity (Wildman–Crippen MR) is 92.2 cm³/mol. The second-order valence-electron chi connectivity index (χ2n) is 7.87. The molecule has 7 heteroatoms. The van der Waals surface area contributed by atoms with Crippen LogP contribution in [0.3, 0.4) is 0 Å². The van der Waals surface area contributed by atoms with Gasteiger partial charge in [-0.05, 0) is 31.6 Å². The average Bonchev–Trinajstić information content (AvgIpc) is 3.29. The highest BCUT2D eigenvalue weighted by Gasteiger charge is 2.54. The molecule has 1 aromatic heterocycles. The summed E-state index contributed by atoms with van der Waals surface area (Å²) in [6, 6.07) is 2.22. The molecule has 1 amide bonds. The van der Waals surface area contributed by atoms with Gasteiger partial charge >= 0.3 is 5.97 Å². The van der Waals surface area contributed by atoms with Crippen LogP contribution in [0.2, 0.25) is 0 Å². The molecule has 7 nitrogen and oxygen atoms in total. The molecule has 3 aliphatic rings. The number of likely N-dealkylation sites (tertiary alicyclic amines) is 1. The summed E-state index contributed by atoms with van der Waals surface area (Å²) in [5.74, 6) is 0.156. The fourth-order valence-electron chi connectivity index (χ4n) is 5.10. The number of nitrogens with zero attached hydrogens (tertiary/aromatic N) is 3. The molecule has 25 heavy (non-hydrogen) atoms. The average molecular weight is 346 g/mol. The second-order valence-corrected chi connectivity index (χ2v) is 7.87. The van der Waals surface area contributed by atoms with Crippen LogP contribution in [-0.4, -0.2) is 51.3 Å². The van der Waals surface area contributed by atoms with Crippen molar-refractivity contribution in [2.45, 2.75) is 51.0 Å². The van der Waals surface area contributed by atoms with Gasteiger partial charge in [0.2, 0.25) is 5.91 Å². The zero-order chi connectivity index (χ0) is 17.4. The van der Waals surface area contributed by atoms with Gasteiger partial charge in [-0.1, -0.05) is 19.3 Å². The van der Waals surface area contributed by atoms with E-state index in [1.54, 1.807) is 6.20 Å². The summed E-state index contributed by atoms with van der Waals surface area (Å²) < 4.78 is 1.93. The molecule has 2 N–H and O–H groups in total. The van der Waals surface area contributed by atoms with Gasteiger partial charge in [0, 0.05) is 19.2 Å². The zero-order valence-electron chi connectivity index (χ0n) is 14.5. The highest BCUT2D eigenvalue weighted by Crippen LogP contribution is 2.48. The number of hydrogen-bond acceptors (Lipinski definition) is 4. The van der Waals surface area contributed by atoms with Crippen molar-refractivity contribution < 1.29 is 14.7 Å². The number of anilines is 1. The van der Waals surface area contributed by atoms with Gasteiger partial charge in [-0.2, -0.15) is 5.10 Å². The van der Waals surface area contributed by atoms with Gasteiger partial charge in [-0.3, -0.25) is 14.5 Å². The summed E-state index contributed by atoms with van der Waals surface area (Å²) in [6.07, 6.45) is 9.05. The Kier molecular flexibility index (Phi) is 4.27. The van der Waals surface area contributed by atoms with Crippen molar-refractivity contribution in [2.75, 3.05) is 25.0 Å². The van der Waals surface area contributed by atoms with E-state index in [0.717, 1.165) is 37.9 Å². The van der Waals surface area contributed by atoms with Gasteiger partial charge in [0.15, 0.2) is 0 Å². The van der Waals surface area contributed by atoms with E-state index < -0.39 is 11.4 Å². The third-order valence-corrected chi connectivity index (χ3v) is 6.34. The third kappa shape index (κ3) is 2.94. The van der Waals surface area contributed by atoms with Crippen LogP contribution in [0.4, 0.5) is 5.82 Å². The van der Waals surface area contributed by atoms with Crippen molar-refractivity contribution in [2.24, 2.45) is 11.3 Å². The van der Waals surface area contributed by atoms with Crippen molar-refractivity contribution in [3.8, 4) is 0 Å². The molecule has 3 fully saturated rings. The normalized spacial score (nSPS) is 29.8. The van der Waals surface area contributed by atoms with Crippen LogP contribution in [0.5, 0.6) is 0 Å². The second kappa shape index (κ2) is 6.44. The number of carbonyl (C=O) groups excluding carboxylic acids is 1. The van der Waals surface area contributed by atoms with Gasteiger partial charge in [0.05, 0.1) is 24.2 Å². The predicted octanol–water partition coefficient (Wildman–Crippen LogP) is 2.12. The van der Waals surface area contributed by atoms with Gasteiger partial charge in [0.1, 0.15) is 5.82 Å². The molecule has 136 valence electrons. The molecule has 2 heterocycles. The van der Waals surface area contributed by atoms with Crippen molar-refractivity contribution in [1.82, 2.24) is 14.7 Å². The maximum absolute atomic E-state index is 12.5. The minimum atomic E-state index is -0.697. The standard InChI is InChI=1S/C18H26N4O3/c23-16(20-15-7-9-19-22(15)14-5-1-2-6-14)11-21-10-13-4-3-8-18(13,12-21)17(24)25/h7,9,13-14H,1-6,8,10-12H2,(H,20,23)(H,24,25)/t13-,18+/m0/s1. The lowest BCUT2D eigenvalue weighted by molar-refractivity contribution is -0.149. The smallest absolute Gasteiger partial charge is 0.311 e. The van der Waals surface area contributed by atoms with Crippen LogP contribution >= 0.6 is 0 Å². The molecule has 1 aromatic rings. The summed E-state index contributed by atoms with van der Waals surface area (Å²) in [7, 11) is 0. The van der Waals surface area contributed by atoms with E-state index in [1.165, 1.54) is 12.8 Å². The van der Waals surface area contributed by atoms with E-state index in [-0.39, 0.29) is 18.4 Å². The van der Waals surface area contributed by atoms with Gasteiger partial charge in [0.25, 0.3) is 0 Å². The Morgan fingerprint density at radius 3 is 2.80 bits per heavy atom. The molecular formula is C18H26N4O3. The van der Waals surface area contributed by atoms with E-state index in [0.29, 0.717) is 19.1 Å². The quantitative estimate of drug-likeness (QED) is 0.853. The van der Waals surface area contributed by atoms with Crippen molar-refractivity contribution in [1.29, 1.82) is 0 Å².